The van der Waals surface area contributed by atoms with Gasteiger partial charge in [0.05, 0.1) is 11.4 Å². The normalized spacial score (nSPS) is 11.3. The molecule has 0 unspecified atom stereocenters. The Morgan fingerprint density at radius 1 is 0.500 bits per heavy atom. The molecule has 0 saturated heterocycles. The Morgan fingerprint density at radius 3 is 1.11 bits per heavy atom. The van der Waals surface area contributed by atoms with Crippen LogP contribution in [0.3, 0.4) is 0 Å². The van der Waals surface area contributed by atoms with Crippen molar-refractivity contribution in [2.24, 2.45) is 9.98 Å². The number of rotatable bonds is 6. The van der Waals surface area contributed by atoms with Gasteiger partial charge in [0.1, 0.15) is 0 Å². The summed E-state index contributed by atoms with van der Waals surface area (Å²) in [5.74, 6) is 0. The number of aliphatic imine (C=N–C) groups is 2. The molecular weight excluding hydrogens is 354 g/mol. The molecule has 3 aromatic rings. The van der Waals surface area contributed by atoms with Gasteiger partial charge in [-0.05, 0) is 46.3 Å². The van der Waals surface area contributed by atoms with Gasteiger partial charge in [-0.15, -0.1) is 0 Å². The Bertz CT molecular complexity index is 875. The highest BCUT2D eigenvalue weighted by Gasteiger charge is 2.09. The number of hydrogen-bond donors (Lipinski definition) is 4. The molecule has 0 spiro atoms. The summed E-state index contributed by atoms with van der Waals surface area (Å²) in [6.45, 7) is 0. The zero-order valence-electron chi connectivity index (χ0n) is 14.9. The van der Waals surface area contributed by atoms with Gasteiger partial charge in [0, 0.05) is 12.4 Å². The summed E-state index contributed by atoms with van der Waals surface area (Å²) in [5.41, 5.74) is 4.10. The zero-order valence-corrected chi connectivity index (χ0v) is 14.9. The number of nitrogens with zero attached hydrogens (tertiary/aromatic N) is 2. The minimum absolute atomic E-state index is 0.432. The first kappa shape index (κ1) is 19.7. The van der Waals surface area contributed by atoms with Crippen LogP contribution in [0, 0.1) is 0 Å². The van der Waals surface area contributed by atoms with E-state index in [2.05, 4.69) is 9.98 Å². The molecule has 0 aliphatic heterocycles. The Kier molecular flexibility index (Phi) is 6.52. The Balaban J connectivity index is 1.62. The maximum atomic E-state index is 9.09. The summed E-state index contributed by atoms with van der Waals surface area (Å²) in [7, 11) is -2.95. The van der Waals surface area contributed by atoms with Crippen molar-refractivity contribution in [1.29, 1.82) is 0 Å². The van der Waals surface area contributed by atoms with Gasteiger partial charge in [-0.2, -0.15) is 0 Å². The van der Waals surface area contributed by atoms with E-state index < -0.39 is 14.2 Å². The lowest BCUT2D eigenvalue weighted by atomic mass is 9.80. The average Bonchev–Trinajstić information content (AvgIpc) is 2.72. The standard InChI is InChI=1S/C20H18B2N2O4/c25-21(26)17-5-1-15(2-6-17)13-23-19-9-11-20(12-10-19)24-14-16-3-7-18(8-4-16)22(27)28/h1-14,25-28H. The monoisotopic (exact) mass is 372 g/mol. The summed E-state index contributed by atoms with van der Waals surface area (Å²) in [4.78, 5) is 8.77. The summed E-state index contributed by atoms with van der Waals surface area (Å²) in [5, 5.41) is 36.4. The molecule has 0 fully saturated rings. The molecular formula is C20H18B2N2O4. The van der Waals surface area contributed by atoms with Crippen molar-refractivity contribution in [2.45, 2.75) is 0 Å². The molecule has 0 radical (unpaired) electrons. The molecule has 0 bridgehead atoms. The van der Waals surface area contributed by atoms with Crippen molar-refractivity contribution >= 4 is 49.0 Å². The predicted molar refractivity (Wildman–Crippen MR) is 113 cm³/mol. The van der Waals surface area contributed by atoms with Crippen molar-refractivity contribution in [3.05, 3.63) is 83.9 Å². The minimum atomic E-state index is -1.47. The van der Waals surface area contributed by atoms with Crippen LogP contribution in [0.25, 0.3) is 0 Å². The average molecular weight is 372 g/mol. The highest BCUT2D eigenvalue weighted by atomic mass is 16.4. The molecule has 0 saturated carbocycles. The topological polar surface area (TPSA) is 106 Å². The van der Waals surface area contributed by atoms with E-state index in [0.29, 0.717) is 10.9 Å². The first-order valence-corrected chi connectivity index (χ1v) is 8.62. The second-order valence-corrected chi connectivity index (χ2v) is 6.11. The largest absolute Gasteiger partial charge is 0.488 e. The second kappa shape index (κ2) is 9.25. The van der Waals surface area contributed by atoms with Crippen LogP contribution < -0.4 is 10.9 Å². The van der Waals surface area contributed by atoms with Crippen LogP contribution in [0.4, 0.5) is 11.4 Å². The maximum Gasteiger partial charge on any atom is 0.488 e. The molecule has 0 aromatic heterocycles. The van der Waals surface area contributed by atoms with Gasteiger partial charge in [0.25, 0.3) is 0 Å². The third kappa shape index (κ3) is 5.48. The van der Waals surface area contributed by atoms with Crippen molar-refractivity contribution in [3.8, 4) is 0 Å². The molecule has 3 rings (SSSR count). The third-order valence-corrected chi connectivity index (χ3v) is 4.04. The maximum absolute atomic E-state index is 9.09. The van der Waals surface area contributed by atoms with Gasteiger partial charge in [-0.25, -0.2) is 0 Å². The highest BCUT2D eigenvalue weighted by Crippen LogP contribution is 2.18. The molecule has 0 aliphatic carbocycles. The van der Waals surface area contributed by atoms with Crippen LogP contribution in [0.2, 0.25) is 0 Å². The lowest BCUT2D eigenvalue weighted by Crippen LogP contribution is -2.29. The van der Waals surface area contributed by atoms with E-state index in [9.17, 15) is 0 Å². The quantitative estimate of drug-likeness (QED) is 0.375. The van der Waals surface area contributed by atoms with Crippen LogP contribution in [-0.2, 0) is 0 Å². The summed E-state index contributed by atoms with van der Waals surface area (Å²) < 4.78 is 0. The van der Waals surface area contributed by atoms with Gasteiger partial charge in [0.2, 0.25) is 0 Å². The van der Waals surface area contributed by atoms with E-state index in [1.54, 1.807) is 61.0 Å². The van der Waals surface area contributed by atoms with Crippen LogP contribution in [0.5, 0.6) is 0 Å². The summed E-state index contributed by atoms with van der Waals surface area (Å²) >= 11 is 0. The Labute approximate surface area is 163 Å². The zero-order chi connectivity index (χ0) is 19.9. The van der Waals surface area contributed by atoms with Crippen molar-refractivity contribution < 1.29 is 20.1 Å². The molecule has 0 aliphatic rings. The van der Waals surface area contributed by atoms with Crippen LogP contribution >= 0.6 is 0 Å². The first-order valence-electron chi connectivity index (χ1n) is 8.62. The Morgan fingerprint density at radius 2 is 0.821 bits per heavy atom. The van der Waals surface area contributed by atoms with E-state index >= 15 is 0 Å². The fourth-order valence-corrected chi connectivity index (χ4v) is 2.43. The lowest BCUT2D eigenvalue weighted by molar-refractivity contribution is 0.424. The Hall–Kier alpha value is -3.03. The van der Waals surface area contributed by atoms with Gasteiger partial charge < -0.3 is 20.1 Å². The molecule has 4 N–H and O–H groups in total. The van der Waals surface area contributed by atoms with Crippen molar-refractivity contribution in [1.82, 2.24) is 0 Å². The fraction of sp³-hybridized carbons (Fsp3) is 0. The van der Waals surface area contributed by atoms with E-state index in [0.717, 1.165) is 22.5 Å². The fourth-order valence-electron chi connectivity index (χ4n) is 2.43. The lowest BCUT2D eigenvalue weighted by Gasteiger charge is -2.00. The molecule has 0 atom stereocenters. The molecule has 8 heteroatoms. The molecule has 138 valence electrons. The van der Waals surface area contributed by atoms with Gasteiger partial charge >= 0.3 is 14.2 Å². The van der Waals surface area contributed by atoms with Gasteiger partial charge in [-0.3, -0.25) is 9.98 Å². The molecule has 6 nitrogen and oxygen atoms in total. The van der Waals surface area contributed by atoms with E-state index in [4.69, 9.17) is 20.1 Å². The smallest absolute Gasteiger partial charge is 0.423 e. The molecule has 3 aromatic carbocycles. The molecule has 0 heterocycles. The number of hydrogen-bond acceptors (Lipinski definition) is 6. The first-order chi connectivity index (χ1) is 13.5. The van der Waals surface area contributed by atoms with E-state index in [1.807, 2.05) is 24.3 Å². The number of benzene rings is 3. The van der Waals surface area contributed by atoms with Gasteiger partial charge in [-0.1, -0.05) is 48.5 Å². The van der Waals surface area contributed by atoms with E-state index in [1.165, 1.54) is 0 Å². The van der Waals surface area contributed by atoms with Crippen LogP contribution in [0.1, 0.15) is 11.1 Å². The molecule has 0 amide bonds. The third-order valence-electron chi connectivity index (χ3n) is 4.04. The SMILES string of the molecule is OB(O)c1ccc(C=Nc2ccc(N=Cc3ccc(B(O)O)cc3)cc2)cc1. The van der Waals surface area contributed by atoms with Crippen LogP contribution in [-0.4, -0.2) is 46.8 Å². The summed E-state index contributed by atoms with van der Waals surface area (Å²) in [6.07, 6.45) is 3.39. The van der Waals surface area contributed by atoms with E-state index in [-0.39, 0.29) is 0 Å². The van der Waals surface area contributed by atoms with Gasteiger partial charge in [0.15, 0.2) is 0 Å². The summed E-state index contributed by atoms with van der Waals surface area (Å²) in [6, 6.07) is 21.0. The minimum Gasteiger partial charge on any atom is -0.423 e. The van der Waals surface area contributed by atoms with Crippen molar-refractivity contribution in [2.75, 3.05) is 0 Å². The van der Waals surface area contributed by atoms with Crippen LogP contribution in [0.15, 0.2) is 82.8 Å². The predicted octanol–water partition coefficient (Wildman–Crippen LogP) is 0.547. The second-order valence-electron chi connectivity index (χ2n) is 6.11. The molecule has 28 heavy (non-hydrogen) atoms. The highest BCUT2D eigenvalue weighted by molar-refractivity contribution is 6.58. The van der Waals surface area contributed by atoms with Crippen molar-refractivity contribution in [3.63, 3.8) is 0 Å².